The minimum absolute atomic E-state index is 0.0204. The molecule has 9 heteroatoms. The van der Waals surface area contributed by atoms with Gasteiger partial charge in [0.05, 0.1) is 12.8 Å². The van der Waals surface area contributed by atoms with Crippen LogP contribution in [0.2, 0.25) is 0 Å². The van der Waals surface area contributed by atoms with E-state index in [4.69, 9.17) is 4.42 Å². The first-order chi connectivity index (χ1) is 15.2. The second kappa shape index (κ2) is 7.99. The van der Waals surface area contributed by atoms with E-state index in [2.05, 4.69) is 4.99 Å². The van der Waals surface area contributed by atoms with E-state index in [1.165, 1.54) is 36.6 Å². The lowest BCUT2D eigenvalue weighted by Gasteiger charge is -2.29. The summed E-state index contributed by atoms with van der Waals surface area (Å²) in [5, 5.41) is 1.85. The number of nitrogens with zero attached hydrogens (tertiary/aromatic N) is 2. The topological polar surface area (TPSA) is 74.9 Å². The lowest BCUT2D eigenvalue weighted by molar-refractivity contribution is -0.196. The molecular weight excluding hydrogens is 423 g/mol. The third-order valence-electron chi connectivity index (χ3n) is 5.03. The summed E-state index contributed by atoms with van der Waals surface area (Å²) in [6, 6.07) is 17.0. The third kappa shape index (κ3) is 3.77. The van der Waals surface area contributed by atoms with Crippen LogP contribution in [0, 0.1) is 6.92 Å². The Labute approximate surface area is 181 Å². The average Bonchev–Trinajstić information content (AvgIpc) is 3.37. The first kappa shape index (κ1) is 21.4. The van der Waals surface area contributed by atoms with Crippen LogP contribution in [0.5, 0.6) is 0 Å². The first-order valence-electron chi connectivity index (χ1n) is 9.67. The normalized spacial score (nSPS) is 18.6. The summed E-state index contributed by atoms with van der Waals surface area (Å²) in [6.07, 6.45) is -3.84. The van der Waals surface area contributed by atoms with Crippen molar-refractivity contribution in [3.8, 4) is 0 Å². The number of amides is 2. The Kier molecular flexibility index (Phi) is 5.33. The van der Waals surface area contributed by atoms with Crippen LogP contribution in [0.15, 0.2) is 82.4 Å². The van der Waals surface area contributed by atoms with Crippen molar-refractivity contribution in [1.29, 1.82) is 0 Å². The van der Waals surface area contributed by atoms with Crippen molar-refractivity contribution in [1.82, 2.24) is 10.2 Å². The molecule has 2 heterocycles. The molecule has 1 aromatic heterocycles. The van der Waals surface area contributed by atoms with Crippen molar-refractivity contribution < 1.29 is 27.2 Å². The Bertz CT molecular complexity index is 1160. The molecule has 1 aliphatic rings. The van der Waals surface area contributed by atoms with Gasteiger partial charge < -0.3 is 9.73 Å². The molecule has 0 spiro atoms. The minimum Gasteiger partial charge on any atom is -0.467 e. The van der Waals surface area contributed by atoms with Crippen molar-refractivity contribution in [2.45, 2.75) is 25.3 Å². The molecule has 164 valence electrons. The van der Waals surface area contributed by atoms with Crippen molar-refractivity contribution in [2.24, 2.45) is 4.99 Å². The fraction of sp³-hybridized carbons (Fsp3) is 0.174. The number of carbonyl (C=O) groups excluding carboxylic acids is 2. The third-order valence-corrected chi connectivity index (χ3v) is 5.03. The molecule has 2 amide bonds. The monoisotopic (exact) mass is 441 g/mol. The van der Waals surface area contributed by atoms with Gasteiger partial charge in [0, 0.05) is 11.1 Å². The Morgan fingerprint density at radius 1 is 1.06 bits per heavy atom. The van der Waals surface area contributed by atoms with Gasteiger partial charge in [0.25, 0.3) is 11.8 Å². The Hall–Kier alpha value is -3.88. The zero-order valence-corrected chi connectivity index (χ0v) is 16.9. The average molecular weight is 441 g/mol. The zero-order chi connectivity index (χ0) is 22.9. The van der Waals surface area contributed by atoms with Crippen molar-refractivity contribution in [3.05, 3.63) is 95.4 Å². The molecule has 1 atom stereocenters. The van der Waals surface area contributed by atoms with E-state index in [1.807, 2.05) is 5.32 Å². The second-order valence-corrected chi connectivity index (χ2v) is 7.30. The van der Waals surface area contributed by atoms with Crippen LogP contribution in [0.1, 0.15) is 27.2 Å². The van der Waals surface area contributed by atoms with Crippen LogP contribution >= 0.6 is 0 Å². The van der Waals surface area contributed by atoms with E-state index in [-0.39, 0.29) is 23.7 Å². The predicted molar refractivity (Wildman–Crippen MR) is 110 cm³/mol. The molecule has 1 N–H and O–H groups in total. The fourth-order valence-electron chi connectivity index (χ4n) is 3.35. The molecule has 0 saturated heterocycles. The fourth-order valence-corrected chi connectivity index (χ4v) is 3.35. The highest BCUT2D eigenvalue weighted by Gasteiger charge is 2.67. The molecule has 0 unspecified atom stereocenters. The van der Waals surface area contributed by atoms with Gasteiger partial charge in [-0.15, -0.1) is 0 Å². The Morgan fingerprint density at radius 3 is 2.34 bits per heavy atom. The summed E-state index contributed by atoms with van der Waals surface area (Å²) in [4.78, 5) is 30.6. The maximum Gasteiger partial charge on any atom is 0.442 e. The van der Waals surface area contributed by atoms with E-state index >= 15 is 0 Å². The molecule has 0 radical (unpaired) electrons. The van der Waals surface area contributed by atoms with E-state index in [0.29, 0.717) is 5.56 Å². The lowest BCUT2D eigenvalue weighted by Crippen LogP contribution is -2.63. The van der Waals surface area contributed by atoms with Gasteiger partial charge in [-0.2, -0.15) is 13.2 Å². The summed E-state index contributed by atoms with van der Waals surface area (Å²) in [6.45, 7) is 1.50. The standard InChI is InChI=1S/C23H18F3N3O3/c1-15-9-11-17(12-10-15)20(30)28-22(23(24,25)26)21(31)29(14-18-8-5-13-32-18)19(27-22)16-6-3-2-4-7-16/h2-13H,14H2,1H3,(H,28,30)/t22-/m0/s1. The van der Waals surface area contributed by atoms with Crippen LogP contribution in [0.4, 0.5) is 13.2 Å². The number of halogens is 3. The number of alkyl halides is 3. The number of aliphatic imine (C=N–C) groups is 1. The van der Waals surface area contributed by atoms with Crippen LogP contribution < -0.4 is 5.32 Å². The SMILES string of the molecule is Cc1ccc(C(=O)N[C@@]2(C(F)(F)F)N=C(c3ccccc3)N(Cc3ccco3)C2=O)cc1. The van der Waals surface area contributed by atoms with Gasteiger partial charge in [0.1, 0.15) is 11.6 Å². The Balaban J connectivity index is 1.79. The molecule has 1 aliphatic heterocycles. The molecule has 32 heavy (non-hydrogen) atoms. The number of aryl methyl sites for hydroxylation is 1. The molecule has 4 rings (SSSR count). The number of nitrogens with one attached hydrogen (secondary N) is 1. The van der Waals surface area contributed by atoms with Crippen LogP contribution in [0.3, 0.4) is 0 Å². The van der Waals surface area contributed by atoms with E-state index in [1.54, 1.807) is 43.3 Å². The number of rotatable bonds is 5. The van der Waals surface area contributed by atoms with E-state index < -0.39 is 23.7 Å². The maximum absolute atomic E-state index is 14.4. The van der Waals surface area contributed by atoms with Gasteiger partial charge in [-0.25, -0.2) is 4.99 Å². The first-order valence-corrected chi connectivity index (χ1v) is 9.67. The number of hydrogen-bond acceptors (Lipinski definition) is 4. The van der Waals surface area contributed by atoms with Gasteiger partial charge in [-0.1, -0.05) is 48.0 Å². The Morgan fingerprint density at radius 2 is 1.75 bits per heavy atom. The quantitative estimate of drug-likeness (QED) is 0.649. The van der Waals surface area contributed by atoms with Crippen LogP contribution in [-0.4, -0.2) is 34.4 Å². The van der Waals surface area contributed by atoms with Crippen molar-refractivity contribution in [3.63, 3.8) is 0 Å². The molecule has 0 aliphatic carbocycles. The van der Waals surface area contributed by atoms with E-state index in [0.717, 1.165) is 10.5 Å². The van der Waals surface area contributed by atoms with Crippen molar-refractivity contribution >= 4 is 17.6 Å². The highest BCUT2D eigenvalue weighted by molar-refractivity contribution is 6.16. The van der Waals surface area contributed by atoms with Gasteiger partial charge in [-0.05, 0) is 31.2 Å². The number of furan rings is 1. The summed E-state index contributed by atoms with van der Waals surface area (Å²) >= 11 is 0. The largest absolute Gasteiger partial charge is 0.467 e. The maximum atomic E-state index is 14.4. The summed E-state index contributed by atoms with van der Waals surface area (Å²) in [5.74, 6) is -2.43. The highest BCUT2D eigenvalue weighted by Crippen LogP contribution is 2.39. The van der Waals surface area contributed by atoms with Gasteiger partial charge in [0.15, 0.2) is 0 Å². The molecule has 0 fully saturated rings. The highest BCUT2D eigenvalue weighted by atomic mass is 19.4. The summed E-state index contributed by atoms with van der Waals surface area (Å²) in [5.41, 5.74) is -2.36. The molecule has 6 nitrogen and oxygen atoms in total. The predicted octanol–water partition coefficient (Wildman–Crippen LogP) is 4.07. The second-order valence-electron chi connectivity index (χ2n) is 7.30. The number of hydrogen-bond donors (Lipinski definition) is 1. The number of benzene rings is 2. The molecule has 0 saturated carbocycles. The summed E-state index contributed by atoms with van der Waals surface area (Å²) < 4.78 is 48.3. The summed E-state index contributed by atoms with van der Waals surface area (Å²) in [7, 11) is 0. The smallest absolute Gasteiger partial charge is 0.442 e. The van der Waals surface area contributed by atoms with E-state index in [9.17, 15) is 22.8 Å². The van der Waals surface area contributed by atoms with Gasteiger partial charge >= 0.3 is 11.8 Å². The molecule has 2 aromatic carbocycles. The number of amidine groups is 1. The van der Waals surface area contributed by atoms with Gasteiger partial charge in [0.2, 0.25) is 0 Å². The van der Waals surface area contributed by atoms with Gasteiger partial charge in [-0.3, -0.25) is 14.5 Å². The van der Waals surface area contributed by atoms with Crippen LogP contribution in [-0.2, 0) is 11.3 Å². The minimum atomic E-state index is -5.19. The van der Waals surface area contributed by atoms with Crippen molar-refractivity contribution in [2.75, 3.05) is 0 Å². The molecule has 0 bridgehead atoms. The lowest BCUT2D eigenvalue weighted by atomic mass is 10.1. The number of carbonyl (C=O) groups is 2. The van der Waals surface area contributed by atoms with Crippen LogP contribution in [0.25, 0.3) is 0 Å². The zero-order valence-electron chi connectivity index (χ0n) is 16.9. The molecule has 3 aromatic rings. The molecular formula is C23H18F3N3O3.